The van der Waals surface area contributed by atoms with E-state index in [0.29, 0.717) is 11.5 Å². The molecule has 1 aromatic rings. The molecule has 0 spiro atoms. The van der Waals surface area contributed by atoms with Gasteiger partial charge in [0.1, 0.15) is 5.56 Å². The predicted molar refractivity (Wildman–Crippen MR) is 83.8 cm³/mol. The molecule has 1 amide bonds. The molecule has 2 fully saturated rings. The summed E-state index contributed by atoms with van der Waals surface area (Å²) in [5, 5.41) is 11.3. The quantitative estimate of drug-likeness (QED) is 0.618. The molecule has 1 aliphatic heterocycles. The van der Waals surface area contributed by atoms with E-state index in [2.05, 4.69) is 0 Å². The third kappa shape index (κ3) is 2.60. The number of likely N-dealkylation sites (tertiary alicyclic amines) is 1. The van der Waals surface area contributed by atoms with E-state index in [-0.39, 0.29) is 23.2 Å². The fraction of sp³-hybridized carbons (Fsp3) is 0.588. The fourth-order valence-electron chi connectivity index (χ4n) is 4.11. The van der Waals surface area contributed by atoms with Crippen molar-refractivity contribution in [3.8, 4) is 0 Å². The van der Waals surface area contributed by atoms with E-state index in [9.17, 15) is 14.9 Å². The Morgan fingerprint density at radius 1 is 1.23 bits per heavy atom. The smallest absolute Gasteiger partial charge is 0.285 e. The van der Waals surface area contributed by atoms with Crippen molar-refractivity contribution in [2.24, 2.45) is 5.92 Å². The molecule has 0 radical (unpaired) electrons. The number of carbonyl (C=O) groups is 1. The molecule has 1 aromatic carbocycles. The number of fused-ring (bicyclic) bond motifs is 1. The minimum Gasteiger partial charge on any atom is -0.335 e. The number of amides is 1. The summed E-state index contributed by atoms with van der Waals surface area (Å²) in [6.07, 6.45) is 6.81. The van der Waals surface area contributed by atoms with Crippen LogP contribution in [0.4, 0.5) is 5.69 Å². The molecule has 2 atom stereocenters. The lowest BCUT2D eigenvalue weighted by atomic mass is 9.78. The van der Waals surface area contributed by atoms with Crippen molar-refractivity contribution in [2.45, 2.75) is 51.5 Å². The number of aryl methyl sites for hydroxylation is 1. The molecule has 2 aliphatic rings. The minimum absolute atomic E-state index is 0.0366. The minimum atomic E-state index is -0.426. The van der Waals surface area contributed by atoms with E-state index in [4.69, 9.17) is 0 Å². The Morgan fingerprint density at radius 2 is 1.95 bits per heavy atom. The molecule has 22 heavy (non-hydrogen) atoms. The van der Waals surface area contributed by atoms with Crippen LogP contribution in [-0.2, 0) is 0 Å². The number of carbonyl (C=O) groups excluding carboxylic acids is 1. The van der Waals surface area contributed by atoms with Crippen LogP contribution in [0.25, 0.3) is 0 Å². The monoisotopic (exact) mass is 302 g/mol. The van der Waals surface area contributed by atoms with Crippen LogP contribution >= 0.6 is 0 Å². The Bertz CT molecular complexity index is 598. The van der Waals surface area contributed by atoms with Crippen LogP contribution in [0.1, 0.15) is 54.4 Å². The standard InChI is InChI=1S/C17H22N2O3/c1-12-6-4-9-14(16(12)19(21)22)17(20)18-11-5-8-13-7-2-3-10-15(13)18/h4,6,9,13,15H,2-3,5,7-8,10-11H2,1H3/t13-,15+/m0/s1. The summed E-state index contributed by atoms with van der Waals surface area (Å²) in [6.45, 7) is 2.42. The first-order valence-corrected chi connectivity index (χ1v) is 8.14. The first-order valence-electron chi connectivity index (χ1n) is 8.14. The molecule has 1 aliphatic carbocycles. The van der Waals surface area contributed by atoms with Crippen molar-refractivity contribution in [1.82, 2.24) is 4.90 Å². The van der Waals surface area contributed by atoms with Gasteiger partial charge in [0.15, 0.2) is 0 Å². The van der Waals surface area contributed by atoms with E-state index in [1.165, 1.54) is 19.3 Å². The number of nitro groups is 1. The summed E-state index contributed by atoms with van der Waals surface area (Å²) in [5.74, 6) is 0.419. The lowest BCUT2D eigenvalue weighted by molar-refractivity contribution is -0.385. The zero-order valence-corrected chi connectivity index (χ0v) is 13.0. The molecule has 5 nitrogen and oxygen atoms in total. The number of piperidine rings is 1. The van der Waals surface area contributed by atoms with Crippen LogP contribution in [0.15, 0.2) is 18.2 Å². The van der Waals surface area contributed by atoms with E-state index in [1.54, 1.807) is 25.1 Å². The number of para-hydroxylation sites is 1. The SMILES string of the molecule is Cc1cccc(C(=O)N2CCC[C@@H]3CCCC[C@H]32)c1[N+](=O)[O-]. The van der Waals surface area contributed by atoms with Gasteiger partial charge in [0.25, 0.3) is 11.6 Å². The molecule has 1 heterocycles. The topological polar surface area (TPSA) is 63.5 Å². The zero-order chi connectivity index (χ0) is 15.7. The number of hydrogen-bond donors (Lipinski definition) is 0. The van der Waals surface area contributed by atoms with Gasteiger partial charge < -0.3 is 4.90 Å². The number of rotatable bonds is 2. The highest BCUT2D eigenvalue weighted by molar-refractivity contribution is 5.99. The van der Waals surface area contributed by atoms with E-state index < -0.39 is 4.92 Å². The maximum Gasteiger partial charge on any atom is 0.285 e. The van der Waals surface area contributed by atoms with E-state index in [0.717, 1.165) is 25.8 Å². The van der Waals surface area contributed by atoms with Crippen molar-refractivity contribution < 1.29 is 9.72 Å². The second kappa shape index (κ2) is 6.07. The Labute approximate surface area is 130 Å². The first-order chi connectivity index (χ1) is 10.6. The maximum atomic E-state index is 13.0. The normalized spacial score (nSPS) is 24.7. The molecule has 1 saturated carbocycles. The maximum absolute atomic E-state index is 13.0. The Morgan fingerprint density at radius 3 is 2.73 bits per heavy atom. The molecule has 3 rings (SSSR count). The number of benzene rings is 1. The van der Waals surface area contributed by atoms with Crippen LogP contribution in [-0.4, -0.2) is 28.3 Å². The molecule has 0 bridgehead atoms. The molecule has 118 valence electrons. The summed E-state index contributed by atoms with van der Waals surface area (Å²) in [7, 11) is 0. The summed E-state index contributed by atoms with van der Waals surface area (Å²) < 4.78 is 0. The average molecular weight is 302 g/mol. The van der Waals surface area contributed by atoms with E-state index in [1.807, 2.05) is 4.90 Å². The highest BCUT2D eigenvalue weighted by Crippen LogP contribution is 2.37. The average Bonchev–Trinajstić information content (AvgIpc) is 2.53. The van der Waals surface area contributed by atoms with Crippen LogP contribution in [0.5, 0.6) is 0 Å². The molecular formula is C17H22N2O3. The highest BCUT2D eigenvalue weighted by Gasteiger charge is 2.37. The van der Waals surface area contributed by atoms with E-state index >= 15 is 0 Å². The third-order valence-electron chi connectivity index (χ3n) is 5.15. The van der Waals surface area contributed by atoms with Gasteiger partial charge in [-0.25, -0.2) is 0 Å². The van der Waals surface area contributed by atoms with Crippen molar-refractivity contribution >= 4 is 11.6 Å². The van der Waals surface area contributed by atoms with Crippen molar-refractivity contribution in [1.29, 1.82) is 0 Å². The molecule has 5 heteroatoms. The molecule has 1 saturated heterocycles. The summed E-state index contributed by atoms with van der Waals surface area (Å²) in [6, 6.07) is 5.29. The van der Waals surface area contributed by atoms with Gasteiger partial charge in [-0.15, -0.1) is 0 Å². The zero-order valence-electron chi connectivity index (χ0n) is 13.0. The second-order valence-corrected chi connectivity index (χ2v) is 6.48. The Kier molecular flexibility index (Phi) is 4.14. The van der Waals surface area contributed by atoms with Crippen molar-refractivity contribution in [3.63, 3.8) is 0 Å². The summed E-state index contributed by atoms with van der Waals surface area (Å²) >= 11 is 0. The number of hydrogen-bond acceptors (Lipinski definition) is 3. The lowest BCUT2D eigenvalue weighted by Gasteiger charge is -2.44. The van der Waals surface area contributed by atoms with Crippen molar-refractivity contribution in [3.05, 3.63) is 39.4 Å². The van der Waals surface area contributed by atoms with Gasteiger partial charge in [-0.3, -0.25) is 14.9 Å². The van der Waals surface area contributed by atoms with Gasteiger partial charge in [0, 0.05) is 18.2 Å². The van der Waals surface area contributed by atoms with Crippen LogP contribution in [0.2, 0.25) is 0 Å². The molecule has 0 unspecified atom stereocenters. The largest absolute Gasteiger partial charge is 0.335 e. The van der Waals surface area contributed by atoms with Gasteiger partial charge in [-0.05, 0) is 44.6 Å². The van der Waals surface area contributed by atoms with Gasteiger partial charge in [-0.2, -0.15) is 0 Å². The van der Waals surface area contributed by atoms with Crippen LogP contribution < -0.4 is 0 Å². The Hall–Kier alpha value is -1.91. The number of nitrogens with zero attached hydrogens (tertiary/aromatic N) is 2. The summed E-state index contributed by atoms with van der Waals surface area (Å²) in [5.41, 5.74) is 0.759. The first kappa shape index (κ1) is 15.0. The number of nitro benzene ring substituents is 1. The lowest BCUT2D eigenvalue weighted by Crippen LogP contribution is -2.49. The van der Waals surface area contributed by atoms with Crippen LogP contribution in [0, 0.1) is 23.0 Å². The van der Waals surface area contributed by atoms with Crippen molar-refractivity contribution in [2.75, 3.05) is 6.54 Å². The highest BCUT2D eigenvalue weighted by atomic mass is 16.6. The van der Waals surface area contributed by atoms with Gasteiger partial charge >= 0.3 is 0 Å². The van der Waals surface area contributed by atoms with Gasteiger partial charge in [0.2, 0.25) is 0 Å². The molecule has 0 aromatic heterocycles. The molecular weight excluding hydrogens is 280 g/mol. The summed E-state index contributed by atoms with van der Waals surface area (Å²) in [4.78, 5) is 25.8. The van der Waals surface area contributed by atoms with Gasteiger partial charge in [-0.1, -0.05) is 25.0 Å². The second-order valence-electron chi connectivity index (χ2n) is 6.48. The Balaban J connectivity index is 1.93. The molecule has 0 N–H and O–H groups in total. The predicted octanol–water partition coefficient (Wildman–Crippen LogP) is 3.70. The fourth-order valence-corrected chi connectivity index (χ4v) is 4.11. The third-order valence-corrected chi connectivity index (χ3v) is 5.15. The van der Waals surface area contributed by atoms with Crippen LogP contribution in [0.3, 0.4) is 0 Å². The van der Waals surface area contributed by atoms with Gasteiger partial charge in [0.05, 0.1) is 4.92 Å².